The van der Waals surface area contributed by atoms with Gasteiger partial charge in [0.1, 0.15) is 0 Å². The molecule has 4 rings (SSSR count). The van der Waals surface area contributed by atoms with Crippen LogP contribution in [0.3, 0.4) is 0 Å². The second kappa shape index (κ2) is 5.26. The molecule has 0 bridgehead atoms. The van der Waals surface area contributed by atoms with Gasteiger partial charge in [-0.15, -0.1) is 11.3 Å². The second-order valence-corrected chi connectivity index (χ2v) is 6.44. The molecule has 1 aliphatic rings. The Labute approximate surface area is 135 Å². The maximum Gasteiger partial charge on any atom is 0.278 e. The predicted octanol–water partition coefficient (Wildman–Crippen LogP) is 4.41. The van der Waals surface area contributed by atoms with Gasteiger partial charge in [-0.05, 0) is 36.4 Å². The Hall–Kier alpha value is -2.11. The van der Waals surface area contributed by atoms with E-state index in [4.69, 9.17) is 16.1 Å². The van der Waals surface area contributed by atoms with Crippen molar-refractivity contribution in [2.45, 2.75) is 12.8 Å². The van der Waals surface area contributed by atoms with E-state index in [0.717, 1.165) is 24.0 Å². The molecular weight excluding hydrogens is 320 g/mol. The van der Waals surface area contributed by atoms with E-state index in [9.17, 15) is 4.79 Å². The number of rotatable bonds is 2. The third kappa shape index (κ3) is 2.14. The minimum absolute atomic E-state index is 0.295. The summed E-state index contributed by atoms with van der Waals surface area (Å²) in [4.78, 5) is 13.7. The van der Waals surface area contributed by atoms with E-state index in [1.807, 2.05) is 23.6 Å². The van der Waals surface area contributed by atoms with Crippen LogP contribution >= 0.6 is 22.9 Å². The number of benzene rings is 1. The molecule has 1 aromatic carbocycles. The van der Waals surface area contributed by atoms with E-state index < -0.39 is 0 Å². The number of para-hydroxylation sites is 1. The smallest absolute Gasteiger partial charge is 0.278 e. The minimum atomic E-state index is -0.295. The van der Waals surface area contributed by atoms with Gasteiger partial charge in [0.15, 0.2) is 11.5 Å². The zero-order chi connectivity index (χ0) is 15.1. The molecule has 1 N–H and O–H groups in total. The standard InChI is InChI=1S/C16H11ClN2O2S/c17-11-3-1-2-4-12(11)18-16(20)14-10-5-6-13-9(7-8-22-13)15(10)21-19-14/h1-4,7-8H,5-6H2,(H,18,20). The number of halogens is 1. The van der Waals surface area contributed by atoms with Crippen molar-refractivity contribution in [2.75, 3.05) is 5.32 Å². The molecule has 0 saturated heterocycles. The molecule has 1 amide bonds. The Morgan fingerprint density at radius 2 is 2.14 bits per heavy atom. The number of hydrogen-bond donors (Lipinski definition) is 1. The molecule has 110 valence electrons. The lowest BCUT2D eigenvalue weighted by Crippen LogP contribution is -2.15. The predicted molar refractivity (Wildman–Crippen MR) is 86.6 cm³/mol. The lowest BCUT2D eigenvalue weighted by atomic mass is 9.95. The molecule has 0 aliphatic heterocycles. The fourth-order valence-electron chi connectivity index (χ4n) is 2.65. The molecule has 0 radical (unpaired) electrons. The maximum absolute atomic E-state index is 12.5. The topological polar surface area (TPSA) is 55.1 Å². The lowest BCUT2D eigenvalue weighted by Gasteiger charge is -2.10. The zero-order valence-electron chi connectivity index (χ0n) is 11.4. The monoisotopic (exact) mass is 330 g/mol. The van der Waals surface area contributed by atoms with Crippen LogP contribution in [-0.2, 0) is 12.8 Å². The summed E-state index contributed by atoms with van der Waals surface area (Å²) in [6.07, 6.45) is 1.67. The van der Waals surface area contributed by atoms with Crippen molar-refractivity contribution in [3.63, 3.8) is 0 Å². The largest absolute Gasteiger partial charge is 0.355 e. The van der Waals surface area contributed by atoms with Crippen molar-refractivity contribution in [2.24, 2.45) is 0 Å². The third-order valence-electron chi connectivity index (χ3n) is 3.72. The van der Waals surface area contributed by atoms with E-state index >= 15 is 0 Å². The van der Waals surface area contributed by atoms with Gasteiger partial charge in [-0.2, -0.15) is 0 Å². The van der Waals surface area contributed by atoms with Crippen LogP contribution in [0.25, 0.3) is 11.3 Å². The van der Waals surface area contributed by atoms with E-state index in [1.165, 1.54) is 4.88 Å². The first-order chi connectivity index (χ1) is 10.7. The molecule has 0 fully saturated rings. The van der Waals surface area contributed by atoms with Gasteiger partial charge in [0.2, 0.25) is 0 Å². The Morgan fingerprint density at radius 3 is 3.00 bits per heavy atom. The van der Waals surface area contributed by atoms with E-state index in [0.29, 0.717) is 22.2 Å². The van der Waals surface area contributed by atoms with Crippen LogP contribution in [0.4, 0.5) is 5.69 Å². The minimum Gasteiger partial charge on any atom is -0.355 e. The first kappa shape index (κ1) is 13.5. The maximum atomic E-state index is 12.5. The Bertz CT molecular complexity index is 869. The van der Waals surface area contributed by atoms with Crippen LogP contribution in [0.5, 0.6) is 0 Å². The fraction of sp³-hybridized carbons (Fsp3) is 0.125. The number of carbonyl (C=O) groups is 1. The van der Waals surface area contributed by atoms with Gasteiger partial charge < -0.3 is 9.84 Å². The summed E-state index contributed by atoms with van der Waals surface area (Å²) in [7, 11) is 0. The van der Waals surface area contributed by atoms with Gasteiger partial charge in [-0.25, -0.2) is 0 Å². The first-order valence-electron chi connectivity index (χ1n) is 6.85. The number of thiophene rings is 1. The van der Waals surface area contributed by atoms with Gasteiger partial charge in [-0.1, -0.05) is 28.9 Å². The summed E-state index contributed by atoms with van der Waals surface area (Å²) >= 11 is 7.77. The van der Waals surface area contributed by atoms with Crippen molar-refractivity contribution in [1.82, 2.24) is 5.16 Å². The van der Waals surface area contributed by atoms with Crippen LogP contribution in [0, 0.1) is 0 Å². The number of hydrogen-bond acceptors (Lipinski definition) is 4. The molecule has 2 heterocycles. The van der Waals surface area contributed by atoms with Crippen molar-refractivity contribution in [1.29, 1.82) is 0 Å². The molecule has 0 unspecified atom stereocenters. The number of anilines is 1. The molecular formula is C16H11ClN2O2S. The normalized spacial score (nSPS) is 12.6. The van der Waals surface area contributed by atoms with Crippen LogP contribution in [0.1, 0.15) is 20.9 Å². The fourth-order valence-corrected chi connectivity index (χ4v) is 3.71. The van der Waals surface area contributed by atoms with Gasteiger partial charge in [0.25, 0.3) is 5.91 Å². The third-order valence-corrected chi connectivity index (χ3v) is 5.03. The van der Waals surface area contributed by atoms with Gasteiger partial charge in [0.05, 0.1) is 10.7 Å². The number of aromatic nitrogens is 1. The summed E-state index contributed by atoms with van der Waals surface area (Å²) in [5.74, 6) is 0.420. The quantitative estimate of drug-likeness (QED) is 0.757. The molecule has 0 atom stereocenters. The average molecular weight is 331 g/mol. The molecule has 2 aromatic heterocycles. The summed E-state index contributed by atoms with van der Waals surface area (Å²) in [6.45, 7) is 0. The molecule has 6 heteroatoms. The molecule has 0 spiro atoms. The summed E-state index contributed by atoms with van der Waals surface area (Å²) in [6, 6.07) is 9.13. The van der Waals surface area contributed by atoms with Crippen molar-refractivity contribution in [3.05, 3.63) is 56.9 Å². The summed E-state index contributed by atoms with van der Waals surface area (Å²) in [5, 5.41) is 9.29. The highest BCUT2D eigenvalue weighted by atomic mass is 35.5. The molecule has 0 saturated carbocycles. The number of aryl methyl sites for hydroxylation is 1. The number of nitrogens with zero attached hydrogens (tertiary/aromatic N) is 1. The number of nitrogens with one attached hydrogen (secondary N) is 1. The average Bonchev–Trinajstić information content (AvgIpc) is 3.14. The molecule has 1 aliphatic carbocycles. The Kier molecular flexibility index (Phi) is 3.24. The highest BCUT2D eigenvalue weighted by Gasteiger charge is 2.28. The van der Waals surface area contributed by atoms with Crippen LogP contribution in [-0.4, -0.2) is 11.1 Å². The first-order valence-corrected chi connectivity index (χ1v) is 8.11. The van der Waals surface area contributed by atoms with Crippen molar-refractivity contribution >= 4 is 34.5 Å². The SMILES string of the molecule is O=C(Nc1ccccc1Cl)c1noc2c1CCc1sccc1-2. The van der Waals surface area contributed by atoms with Gasteiger partial charge in [0, 0.05) is 16.0 Å². The van der Waals surface area contributed by atoms with Gasteiger partial charge >= 0.3 is 0 Å². The summed E-state index contributed by atoms with van der Waals surface area (Å²) in [5.41, 5.74) is 2.83. The second-order valence-electron chi connectivity index (χ2n) is 5.03. The highest BCUT2D eigenvalue weighted by molar-refractivity contribution is 7.10. The summed E-state index contributed by atoms with van der Waals surface area (Å²) < 4.78 is 5.42. The van der Waals surface area contributed by atoms with Crippen molar-refractivity contribution in [3.8, 4) is 11.3 Å². The van der Waals surface area contributed by atoms with E-state index in [1.54, 1.807) is 23.5 Å². The van der Waals surface area contributed by atoms with Gasteiger partial charge in [-0.3, -0.25) is 4.79 Å². The Morgan fingerprint density at radius 1 is 1.27 bits per heavy atom. The lowest BCUT2D eigenvalue weighted by molar-refractivity contribution is 0.101. The zero-order valence-corrected chi connectivity index (χ0v) is 13.0. The number of carbonyl (C=O) groups excluding carboxylic acids is 1. The molecule has 3 aromatic rings. The number of amides is 1. The van der Waals surface area contributed by atoms with E-state index in [-0.39, 0.29) is 5.91 Å². The van der Waals surface area contributed by atoms with Crippen LogP contribution in [0.15, 0.2) is 40.2 Å². The molecule has 22 heavy (non-hydrogen) atoms. The van der Waals surface area contributed by atoms with Crippen molar-refractivity contribution < 1.29 is 9.32 Å². The van der Waals surface area contributed by atoms with E-state index in [2.05, 4.69) is 10.5 Å². The highest BCUT2D eigenvalue weighted by Crippen LogP contribution is 2.38. The molecule has 4 nitrogen and oxygen atoms in total. The van der Waals surface area contributed by atoms with Crippen LogP contribution < -0.4 is 5.32 Å². The van der Waals surface area contributed by atoms with Crippen LogP contribution in [0.2, 0.25) is 5.02 Å². The Balaban J connectivity index is 1.68. The number of fused-ring (bicyclic) bond motifs is 3.